The van der Waals surface area contributed by atoms with Crippen LogP contribution < -0.4 is 5.73 Å². The van der Waals surface area contributed by atoms with E-state index in [0.717, 1.165) is 10.3 Å². The van der Waals surface area contributed by atoms with Crippen LogP contribution in [0.4, 0.5) is 5.69 Å². The molecule has 8 nitrogen and oxygen atoms in total. The summed E-state index contributed by atoms with van der Waals surface area (Å²) in [5.41, 5.74) is 6.98. The van der Waals surface area contributed by atoms with Crippen molar-refractivity contribution in [3.8, 4) is 0 Å². The third-order valence-electron chi connectivity index (χ3n) is 3.34. The Morgan fingerprint density at radius 2 is 2.24 bits per heavy atom. The van der Waals surface area contributed by atoms with E-state index in [9.17, 15) is 14.9 Å². The van der Waals surface area contributed by atoms with Gasteiger partial charge < -0.3 is 10.8 Å². The summed E-state index contributed by atoms with van der Waals surface area (Å²) in [7, 11) is 0. The molecule has 1 atom stereocenters. The fourth-order valence-electron chi connectivity index (χ4n) is 2.22. The molecule has 25 heavy (non-hydrogen) atoms. The summed E-state index contributed by atoms with van der Waals surface area (Å²) in [6.07, 6.45) is 1.35. The Balaban J connectivity index is 1.98. The first-order valence-electron chi connectivity index (χ1n) is 7.09. The Morgan fingerprint density at radius 1 is 1.44 bits per heavy atom. The van der Waals surface area contributed by atoms with Crippen LogP contribution in [0.15, 0.2) is 45.8 Å². The lowest BCUT2D eigenvalue weighted by Gasteiger charge is -2.13. The molecule has 3 N–H and O–H groups in total. The van der Waals surface area contributed by atoms with Crippen molar-refractivity contribution in [3.63, 3.8) is 0 Å². The highest BCUT2D eigenvalue weighted by molar-refractivity contribution is 8.01. The first-order chi connectivity index (χ1) is 11.9. The first kappa shape index (κ1) is 17.3. The van der Waals surface area contributed by atoms with Gasteiger partial charge in [0.1, 0.15) is 10.3 Å². The van der Waals surface area contributed by atoms with E-state index in [1.807, 2.05) is 6.07 Å². The Bertz CT molecular complexity index is 927. The molecular formula is C15H12N4O4S2. The number of non-ortho nitro benzene ring substituents is 1. The largest absolute Gasteiger partial charge is 0.481 e. The molecule has 0 radical (unpaired) electrons. The second-order valence-corrected chi connectivity index (χ2v) is 7.36. The predicted molar refractivity (Wildman–Crippen MR) is 93.8 cm³/mol. The van der Waals surface area contributed by atoms with Crippen LogP contribution in [0.1, 0.15) is 18.0 Å². The summed E-state index contributed by atoms with van der Waals surface area (Å²) in [6, 6.07) is 7.03. The molecule has 0 bridgehead atoms. The van der Waals surface area contributed by atoms with Crippen LogP contribution in [0.25, 0.3) is 10.3 Å². The number of pyridine rings is 1. The van der Waals surface area contributed by atoms with E-state index in [1.54, 1.807) is 18.3 Å². The van der Waals surface area contributed by atoms with Gasteiger partial charge in [-0.2, -0.15) is 0 Å². The highest BCUT2D eigenvalue weighted by Crippen LogP contribution is 2.38. The molecular weight excluding hydrogens is 364 g/mol. The molecule has 128 valence electrons. The van der Waals surface area contributed by atoms with Crippen LogP contribution in [0.2, 0.25) is 0 Å². The van der Waals surface area contributed by atoms with Gasteiger partial charge in [-0.25, -0.2) is 9.97 Å². The van der Waals surface area contributed by atoms with Crippen molar-refractivity contribution in [1.29, 1.82) is 0 Å². The number of thiazole rings is 1. The smallest absolute Gasteiger partial charge is 0.305 e. The maximum Gasteiger partial charge on any atom is 0.305 e. The Morgan fingerprint density at radius 3 is 2.92 bits per heavy atom. The number of nitrogens with two attached hydrogens (primary N) is 1. The first-order valence-corrected chi connectivity index (χ1v) is 8.72. The van der Waals surface area contributed by atoms with Crippen molar-refractivity contribution in [2.24, 2.45) is 5.73 Å². The van der Waals surface area contributed by atoms with E-state index in [1.165, 1.54) is 35.2 Å². The van der Waals surface area contributed by atoms with Crippen molar-refractivity contribution in [3.05, 3.63) is 52.2 Å². The molecule has 0 saturated heterocycles. The minimum Gasteiger partial charge on any atom is -0.481 e. The van der Waals surface area contributed by atoms with Crippen LogP contribution in [0.3, 0.4) is 0 Å². The Hall–Kier alpha value is -2.56. The Labute approximate surface area is 149 Å². The summed E-state index contributed by atoms with van der Waals surface area (Å²) in [6.45, 7) is 0. The number of rotatable bonds is 6. The second-order valence-electron chi connectivity index (χ2n) is 5.09. The number of fused-ring (bicyclic) bond motifs is 1. The lowest BCUT2D eigenvalue weighted by atomic mass is 10.0. The Kier molecular flexibility index (Phi) is 4.93. The number of nitrogens with zero attached hydrogens (tertiary/aromatic N) is 3. The SMILES string of the molecule is NC(CC(=O)O)c1cc([N+](=O)[O-])ccc1Sc1nc2cccnc2s1. The van der Waals surface area contributed by atoms with E-state index in [0.29, 0.717) is 14.8 Å². The number of benzene rings is 1. The molecule has 0 spiro atoms. The second kappa shape index (κ2) is 7.13. The highest BCUT2D eigenvalue weighted by atomic mass is 32.2. The van der Waals surface area contributed by atoms with Gasteiger partial charge in [0.25, 0.3) is 5.69 Å². The molecule has 1 aromatic carbocycles. The maximum atomic E-state index is 11.0. The van der Waals surface area contributed by atoms with Gasteiger partial charge in [0, 0.05) is 29.3 Å². The molecule has 1 unspecified atom stereocenters. The van der Waals surface area contributed by atoms with Gasteiger partial charge in [0.05, 0.1) is 11.3 Å². The van der Waals surface area contributed by atoms with Crippen molar-refractivity contribution < 1.29 is 14.8 Å². The summed E-state index contributed by atoms with van der Waals surface area (Å²) in [5.74, 6) is -1.07. The zero-order valence-electron chi connectivity index (χ0n) is 12.7. The average molecular weight is 376 g/mol. The van der Waals surface area contributed by atoms with Crippen molar-refractivity contribution in [2.45, 2.75) is 21.7 Å². The minimum absolute atomic E-state index is 0.133. The third kappa shape index (κ3) is 3.92. The molecule has 0 saturated carbocycles. The van der Waals surface area contributed by atoms with Gasteiger partial charge in [-0.05, 0) is 23.8 Å². The number of carboxylic acids is 1. The molecule has 0 amide bonds. The zero-order valence-corrected chi connectivity index (χ0v) is 14.3. The summed E-state index contributed by atoms with van der Waals surface area (Å²) in [4.78, 5) is 31.5. The predicted octanol–water partition coefficient (Wildman–Crippen LogP) is 3.23. The number of hydrogen-bond acceptors (Lipinski definition) is 8. The van der Waals surface area contributed by atoms with Crippen molar-refractivity contribution >= 4 is 45.1 Å². The molecule has 2 aromatic heterocycles. The number of aliphatic carboxylic acids is 1. The lowest BCUT2D eigenvalue weighted by Crippen LogP contribution is -2.16. The van der Waals surface area contributed by atoms with Gasteiger partial charge in [-0.3, -0.25) is 14.9 Å². The third-order valence-corrected chi connectivity index (χ3v) is 5.47. The highest BCUT2D eigenvalue weighted by Gasteiger charge is 2.20. The summed E-state index contributed by atoms with van der Waals surface area (Å²) in [5, 5.41) is 20.0. The number of nitro groups is 1. The molecule has 2 heterocycles. The van der Waals surface area contributed by atoms with E-state index >= 15 is 0 Å². The van der Waals surface area contributed by atoms with Crippen LogP contribution >= 0.6 is 23.1 Å². The molecule has 3 rings (SSSR count). The van der Waals surface area contributed by atoms with E-state index < -0.39 is 16.9 Å². The monoisotopic (exact) mass is 376 g/mol. The van der Waals surface area contributed by atoms with Crippen LogP contribution in [0, 0.1) is 10.1 Å². The average Bonchev–Trinajstić information content (AvgIpc) is 2.96. The zero-order chi connectivity index (χ0) is 18.0. The van der Waals surface area contributed by atoms with Gasteiger partial charge in [0.15, 0.2) is 4.34 Å². The summed E-state index contributed by atoms with van der Waals surface area (Å²) < 4.78 is 0.700. The van der Waals surface area contributed by atoms with E-state index in [-0.39, 0.29) is 12.1 Å². The molecule has 3 aromatic rings. The minimum atomic E-state index is -1.07. The maximum absolute atomic E-state index is 11.0. The van der Waals surface area contributed by atoms with Gasteiger partial charge >= 0.3 is 5.97 Å². The number of carbonyl (C=O) groups is 1. The number of hydrogen-bond donors (Lipinski definition) is 2. The van der Waals surface area contributed by atoms with E-state index in [2.05, 4.69) is 9.97 Å². The topological polar surface area (TPSA) is 132 Å². The quantitative estimate of drug-likeness (QED) is 0.495. The van der Waals surface area contributed by atoms with Crippen molar-refractivity contribution in [1.82, 2.24) is 9.97 Å². The van der Waals surface area contributed by atoms with E-state index in [4.69, 9.17) is 10.8 Å². The van der Waals surface area contributed by atoms with Crippen LogP contribution in [0.5, 0.6) is 0 Å². The van der Waals surface area contributed by atoms with Gasteiger partial charge in [0.2, 0.25) is 0 Å². The molecule has 0 aliphatic heterocycles. The van der Waals surface area contributed by atoms with Crippen LogP contribution in [-0.2, 0) is 4.79 Å². The lowest BCUT2D eigenvalue weighted by molar-refractivity contribution is -0.385. The molecule has 0 fully saturated rings. The standard InChI is InChI=1S/C15H12N4O4S2/c16-10(7-13(20)21)9-6-8(19(22)23)3-4-12(9)24-15-18-11-2-1-5-17-14(11)25-15/h1-6,10H,7,16H2,(H,20,21). The summed E-state index contributed by atoms with van der Waals surface area (Å²) >= 11 is 2.67. The van der Waals surface area contributed by atoms with Crippen molar-refractivity contribution in [2.75, 3.05) is 0 Å². The van der Waals surface area contributed by atoms with Gasteiger partial charge in [-0.1, -0.05) is 23.1 Å². The molecule has 0 aliphatic carbocycles. The number of aromatic nitrogens is 2. The molecule has 10 heteroatoms. The number of carboxylic acid groups (broad SMARTS) is 1. The fraction of sp³-hybridized carbons (Fsp3) is 0.133. The normalized spacial score (nSPS) is 12.2. The van der Waals surface area contributed by atoms with Crippen LogP contribution in [-0.4, -0.2) is 26.0 Å². The number of nitro benzene ring substituents is 1. The molecule has 0 aliphatic rings. The fourth-order valence-corrected chi connectivity index (χ4v) is 4.33. The van der Waals surface area contributed by atoms with Gasteiger partial charge in [-0.15, -0.1) is 0 Å².